The lowest BCUT2D eigenvalue weighted by molar-refractivity contribution is 0.217. The van der Waals surface area contributed by atoms with E-state index >= 15 is 0 Å². The van der Waals surface area contributed by atoms with Crippen molar-refractivity contribution in [2.24, 2.45) is 0 Å². The SMILES string of the molecule is CCCCCC=CCC=CCCCCCCCCN(CCCCCCCCCC)CCN1CCCC1. The average Bonchev–Trinajstić information content (AvgIpc) is 3.41. The largest absolute Gasteiger partial charge is 0.302 e. The predicted octanol–water partition coefficient (Wildman–Crippen LogP) is 10.3. The van der Waals surface area contributed by atoms with Crippen molar-refractivity contribution < 1.29 is 0 Å². The van der Waals surface area contributed by atoms with Crippen LogP contribution >= 0.6 is 0 Å². The number of unbranched alkanes of at least 4 members (excludes halogenated alkanes) is 16. The van der Waals surface area contributed by atoms with Gasteiger partial charge in [-0.3, -0.25) is 0 Å². The molecule has 212 valence electrons. The predicted molar refractivity (Wildman–Crippen MR) is 164 cm³/mol. The van der Waals surface area contributed by atoms with E-state index in [0.29, 0.717) is 0 Å². The number of nitrogens with zero attached hydrogens (tertiary/aromatic N) is 2. The monoisotopic (exact) mass is 503 g/mol. The minimum absolute atomic E-state index is 1.12. The van der Waals surface area contributed by atoms with Gasteiger partial charge in [0.05, 0.1) is 0 Å². The zero-order valence-electron chi connectivity index (χ0n) is 25.0. The lowest BCUT2D eigenvalue weighted by atomic mass is 10.1. The Labute approximate surface area is 228 Å². The molecule has 0 unspecified atom stereocenters. The van der Waals surface area contributed by atoms with E-state index in [-0.39, 0.29) is 0 Å². The summed E-state index contributed by atoms with van der Waals surface area (Å²) in [5.41, 5.74) is 0. The van der Waals surface area contributed by atoms with Gasteiger partial charge in [0.25, 0.3) is 0 Å². The molecule has 1 heterocycles. The van der Waals surface area contributed by atoms with Crippen LogP contribution < -0.4 is 0 Å². The molecule has 0 N–H and O–H groups in total. The quantitative estimate of drug-likeness (QED) is 0.0814. The number of rotatable bonds is 27. The van der Waals surface area contributed by atoms with Crippen LogP contribution in [0.15, 0.2) is 24.3 Å². The first kappa shape index (κ1) is 33.4. The topological polar surface area (TPSA) is 6.48 Å². The van der Waals surface area contributed by atoms with Crippen LogP contribution in [0.2, 0.25) is 0 Å². The summed E-state index contributed by atoms with van der Waals surface area (Å²) in [6, 6.07) is 0. The fourth-order valence-corrected chi connectivity index (χ4v) is 5.42. The molecule has 2 nitrogen and oxygen atoms in total. The molecule has 0 aromatic carbocycles. The molecule has 0 aromatic rings. The molecular formula is C34H66N2. The van der Waals surface area contributed by atoms with Crippen LogP contribution in [0.25, 0.3) is 0 Å². The summed E-state index contributed by atoms with van der Waals surface area (Å²) < 4.78 is 0. The van der Waals surface area contributed by atoms with E-state index in [4.69, 9.17) is 0 Å². The maximum Gasteiger partial charge on any atom is 0.0109 e. The molecule has 1 aliphatic heterocycles. The first-order chi connectivity index (χ1) is 17.9. The summed E-state index contributed by atoms with van der Waals surface area (Å²) in [6.07, 6.45) is 40.0. The first-order valence-corrected chi connectivity index (χ1v) is 16.6. The fourth-order valence-electron chi connectivity index (χ4n) is 5.42. The molecule has 1 saturated heterocycles. The van der Waals surface area contributed by atoms with Gasteiger partial charge < -0.3 is 9.80 Å². The van der Waals surface area contributed by atoms with Crippen LogP contribution in [0.1, 0.15) is 155 Å². The van der Waals surface area contributed by atoms with Gasteiger partial charge in [-0.15, -0.1) is 0 Å². The van der Waals surface area contributed by atoms with Crippen LogP contribution in [0, 0.1) is 0 Å². The second-order valence-corrected chi connectivity index (χ2v) is 11.4. The zero-order valence-corrected chi connectivity index (χ0v) is 25.0. The summed E-state index contributed by atoms with van der Waals surface area (Å²) in [6.45, 7) is 12.5. The smallest absolute Gasteiger partial charge is 0.0109 e. The Morgan fingerprint density at radius 3 is 1.50 bits per heavy atom. The van der Waals surface area contributed by atoms with E-state index in [1.54, 1.807) is 0 Å². The highest BCUT2D eigenvalue weighted by atomic mass is 15.2. The second-order valence-electron chi connectivity index (χ2n) is 11.4. The third kappa shape index (κ3) is 22.6. The summed E-state index contributed by atoms with van der Waals surface area (Å²) in [5, 5.41) is 0. The van der Waals surface area contributed by atoms with Gasteiger partial charge in [0.15, 0.2) is 0 Å². The highest BCUT2D eigenvalue weighted by Crippen LogP contribution is 2.12. The Morgan fingerprint density at radius 2 is 0.944 bits per heavy atom. The molecule has 0 saturated carbocycles. The van der Waals surface area contributed by atoms with Crippen molar-refractivity contribution in [3.05, 3.63) is 24.3 Å². The third-order valence-electron chi connectivity index (χ3n) is 7.93. The zero-order chi connectivity index (χ0) is 25.8. The fraction of sp³-hybridized carbons (Fsp3) is 0.882. The van der Waals surface area contributed by atoms with Crippen molar-refractivity contribution in [1.82, 2.24) is 9.80 Å². The Morgan fingerprint density at radius 1 is 0.500 bits per heavy atom. The Kier molecular flexibility index (Phi) is 25.5. The van der Waals surface area contributed by atoms with Crippen LogP contribution in [-0.4, -0.2) is 49.1 Å². The second kappa shape index (κ2) is 27.4. The van der Waals surface area contributed by atoms with Gasteiger partial charge in [-0.25, -0.2) is 0 Å². The molecule has 1 fully saturated rings. The maximum atomic E-state index is 2.80. The minimum atomic E-state index is 1.12. The molecule has 1 aliphatic rings. The molecule has 1 rings (SSSR count). The van der Waals surface area contributed by atoms with Crippen molar-refractivity contribution in [2.45, 2.75) is 155 Å². The van der Waals surface area contributed by atoms with Gasteiger partial charge in [-0.05, 0) is 84.0 Å². The molecule has 0 amide bonds. The average molecular weight is 503 g/mol. The van der Waals surface area contributed by atoms with Gasteiger partial charge in [0.2, 0.25) is 0 Å². The van der Waals surface area contributed by atoms with E-state index in [1.165, 1.54) is 174 Å². The Hall–Kier alpha value is -0.600. The van der Waals surface area contributed by atoms with Crippen LogP contribution in [-0.2, 0) is 0 Å². The lowest BCUT2D eigenvalue weighted by Crippen LogP contribution is -2.35. The Balaban J connectivity index is 2.02. The van der Waals surface area contributed by atoms with E-state index in [0.717, 1.165) is 6.42 Å². The highest BCUT2D eigenvalue weighted by Gasteiger charge is 2.13. The molecule has 0 aliphatic carbocycles. The van der Waals surface area contributed by atoms with Crippen molar-refractivity contribution >= 4 is 0 Å². The number of likely N-dealkylation sites (tertiary alicyclic amines) is 1. The highest BCUT2D eigenvalue weighted by molar-refractivity contribution is 4.92. The molecule has 0 atom stereocenters. The van der Waals surface area contributed by atoms with Crippen molar-refractivity contribution in [3.63, 3.8) is 0 Å². The summed E-state index contributed by atoms with van der Waals surface area (Å²) in [4.78, 5) is 5.50. The van der Waals surface area contributed by atoms with Gasteiger partial charge in [-0.2, -0.15) is 0 Å². The van der Waals surface area contributed by atoms with E-state index in [9.17, 15) is 0 Å². The summed E-state index contributed by atoms with van der Waals surface area (Å²) in [7, 11) is 0. The van der Waals surface area contributed by atoms with Crippen LogP contribution in [0.4, 0.5) is 0 Å². The third-order valence-corrected chi connectivity index (χ3v) is 7.93. The molecule has 0 aromatic heterocycles. The molecular weight excluding hydrogens is 436 g/mol. The van der Waals surface area contributed by atoms with Crippen LogP contribution in [0.5, 0.6) is 0 Å². The number of hydrogen-bond acceptors (Lipinski definition) is 2. The Bertz CT molecular complexity index is 478. The molecule has 0 radical (unpaired) electrons. The van der Waals surface area contributed by atoms with Crippen molar-refractivity contribution in [2.75, 3.05) is 39.3 Å². The standard InChI is InChI=1S/C34H66N2/c1-3-5-7-9-11-13-14-15-16-17-18-19-20-22-24-26-30-35(33-34-36-31-27-28-32-36)29-25-23-21-12-10-8-6-4-2/h11,13,15-16H,3-10,12,14,17-34H2,1-2H3. The van der Waals surface area contributed by atoms with Crippen molar-refractivity contribution in [1.29, 1.82) is 0 Å². The van der Waals surface area contributed by atoms with Gasteiger partial charge >= 0.3 is 0 Å². The first-order valence-electron chi connectivity index (χ1n) is 16.6. The summed E-state index contributed by atoms with van der Waals surface area (Å²) >= 11 is 0. The minimum Gasteiger partial charge on any atom is -0.302 e. The summed E-state index contributed by atoms with van der Waals surface area (Å²) in [5.74, 6) is 0. The van der Waals surface area contributed by atoms with E-state index in [2.05, 4.69) is 48.0 Å². The normalized spacial score (nSPS) is 14.9. The molecule has 36 heavy (non-hydrogen) atoms. The van der Waals surface area contributed by atoms with Gasteiger partial charge in [-0.1, -0.05) is 122 Å². The molecule has 0 bridgehead atoms. The van der Waals surface area contributed by atoms with Gasteiger partial charge in [0.1, 0.15) is 0 Å². The lowest BCUT2D eigenvalue weighted by Gasteiger charge is -2.25. The molecule has 0 spiro atoms. The molecule has 2 heteroatoms. The number of hydrogen-bond donors (Lipinski definition) is 0. The maximum absolute atomic E-state index is 2.80. The van der Waals surface area contributed by atoms with Gasteiger partial charge in [0, 0.05) is 13.1 Å². The van der Waals surface area contributed by atoms with Crippen molar-refractivity contribution in [3.8, 4) is 0 Å². The van der Waals surface area contributed by atoms with E-state index < -0.39 is 0 Å². The van der Waals surface area contributed by atoms with Crippen LogP contribution in [0.3, 0.4) is 0 Å². The van der Waals surface area contributed by atoms with E-state index in [1.807, 2.05) is 0 Å². The number of allylic oxidation sites excluding steroid dienone is 4.